The Morgan fingerprint density at radius 1 is 1.31 bits per heavy atom. The highest BCUT2D eigenvalue weighted by molar-refractivity contribution is 7.91. The van der Waals surface area contributed by atoms with Crippen molar-refractivity contribution in [1.82, 2.24) is 0 Å². The van der Waals surface area contributed by atoms with Crippen LogP contribution in [0.3, 0.4) is 0 Å². The second-order valence-corrected chi connectivity index (χ2v) is 6.15. The molecule has 4 nitrogen and oxygen atoms in total. The fourth-order valence-corrected chi connectivity index (χ4v) is 3.46. The van der Waals surface area contributed by atoms with E-state index in [1.807, 2.05) is 0 Å². The van der Waals surface area contributed by atoms with E-state index < -0.39 is 9.84 Å². The summed E-state index contributed by atoms with van der Waals surface area (Å²) in [5, 5.41) is 9.19. The second-order valence-electron chi connectivity index (χ2n) is 3.85. The molecule has 0 spiro atoms. The molecule has 1 saturated heterocycles. The predicted molar refractivity (Wildman–Crippen MR) is 51.1 cm³/mol. The number of aliphatic hydroxyl groups is 1. The smallest absolute Gasteiger partial charge is 0.150 e. The maximum atomic E-state index is 11.1. The SMILES string of the molecule is NCCC1(CO)CCS(=O)(=O)CC1. The Bertz CT molecular complexity index is 247. The molecule has 0 amide bonds. The minimum Gasteiger partial charge on any atom is -0.396 e. The average Bonchev–Trinajstić information content (AvgIpc) is 2.10. The van der Waals surface area contributed by atoms with Gasteiger partial charge < -0.3 is 10.8 Å². The number of rotatable bonds is 3. The van der Waals surface area contributed by atoms with E-state index in [0.29, 0.717) is 19.4 Å². The van der Waals surface area contributed by atoms with Crippen molar-refractivity contribution in [3.8, 4) is 0 Å². The van der Waals surface area contributed by atoms with Crippen LogP contribution in [0.5, 0.6) is 0 Å². The van der Waals surface area contributed by atoms with Gasteiger partial charge in [-0.15, -0.1) is 0 Å². The van der Waals surface area contributed by atoms with E-state index in [9.17, 15) is 13.5 Å². The van der Waals surface area contributed by atoms with Crippen LogP contribution in [0.15, 0.2) is 0 Å². The van der Waals surface area contributed by atoms with Crippen molar-refractivity contribution in [2.75, 3.05) is 24.7 Å². The first-order valence-corrected chi connectivity index (χ1v) is 6.37. The summed E-state index contributed by atoms with van der Waals surface area (Å²) >= 11 is 0. The Labute approximate surface area is 79.0 Å². The first kappa shape index (κ1) is 10.9. The zero-order valence-electron chi connectivity index (χ0n) is 7.70. The van der Waals surface area contributed by atoms with E-state index in [4.69, 9.17) is 5.73 Å². The van der Waals surface area contributed by atoms with Gasteiger partial charge in [-0.25, -0.2) is 8.42 Å². The van der Waals surface area contributed by atoms with Crippen molar-refractivity contribution in [3.05, 3.63) is 0 Å². The molecule has 0 aromatic carbocycles. The van der Waals surface area contributed by atoms with Gasteiger partial charge in [0.15, 0.2) is 0 Å². The minimum atomic E-state index is -2.83. The van der Waals surface area contributed by atoms with Gasteiger partial charge in [-0.2, -0.15) is 0 Å². The number of sulfone groups is 1. The van der Waals surface area contributed by atoms with Crippen molar-refractivity contribution >= 4 is 9.84 Å². The molecule has 5 heteroatoms. The highest BCUT2D eigenvalue weighted by Crippen LogP contribution is 2.34. The molecule has 1 heterocycles. The summed E-state index contributed by atoms with van der Waals surface area (Å²) in [5.41, 5.74) is 5.21. The molecule has 1 aliphatic heterocycles. The molecule has 0 bridgehead atoms. The van der Waals surface area contributed by atoms with Gasteiger partial charge in [0.05, 0.1) is 11.5 Å². The maximum Gasteiger partial charge on any atom is 0.150 e. The lowest BCUT2D eigenvalue weighted by Gasteiger charge is -2.34. The lowest BCUT2D eigenvalue weighted by atomic mass is 9.80. The van der Waals surface area contributed by atoms with Gasteiger partial charge >= 0.3 is 0 Å². The van der Waals surface area contributed by atoms with Gasteiger partial charge in [0.1, 0.15) is 9.84 Å². The molecule has 1 aliphatic rings. The number of hydrogen-bond acceptors (Lipinski definition) is 4. The molecule has 0 saturated carbocycles. The first-order valence-electron chi connectivity index (χ1n) is 4.55. The first-order chi connectivity index (χ1) is 6.04. The molecular formula is C8H17NO3S. The van der Waals surface area contributed by atoms with Gasteiger partial charge in [-0.05, 0) is 31.2 Å². The number of aliphatic hydroxyl groups excluding tert-OH is 1. The Kier molecular flexibility index (Phi) is 3.32. The topological polar surface area (TPSA) is 80.4 Å². The molecule has 0 unspecified atom stereocenters. The highest BCUT2D eigenvalue weighted by atomic mass is 32.2. The Morgan fingerprint density at radius 3 is 2.23 bits per heavy atom. The Morgan fingerprint density at radius 2 is 1.85 bits per heavy atom. The fraction of sp³-hybridized carbons (Fsp3) is 1.00. The molecule has 13 heavy (non-hydrogen) atoms. The molecule has 3 N–H and O–H groups in total. The van der Waals surface area contributed by atoms with Crippen LogP contribution in [0.1, 0.15) is 19.3 Å². The van der Waals surface area contributed by atoms with Crippen molar-refractivity contribution in [1.29, 1.82) is 0 Å². The molecule has 0 atom stereocenters. The normalized spacial score (nSPS) is 25.7. The van der Waals surface area contributed by atoms with E-state index >= 15 is 0 Å². The monoisotopic (exact) mass is 207 g/mol. The largest absolute Gasteiger partial charge is 0.396 e. The third kappa shape index (κ3) is 2.65. The number of nitrogens with two attached hydrogens (primary N) is 1. The zero-order chi connectivity index (χ0) is 9.95. The predicted octanol–water partition coefficient (Wildman–Crippen LogP) is -0.478. The van der Waals surface area contributed by atoms with Gasteiger partial charge in [-0.3, -0.25) is 0 Å². The Hall–Kier alpha value is -0.130. The molecule has 0 aromatic heterocycles. The Balaban J connectivity index is 2.63. The van der Waals surface area contributed by atoms with Crippen molar-refractivity contribution < 1.29 is 13.5 Å². The van der Waals surface area contributed by atoms with Gasteiger partial charge in [0.2, 0.25) is 0 Å². The van der Waals surface area contributed by atoms with E-state index in [1.165, 1.54) is 0 Å². The summed E-state index contributed by atoms with van der Waals surface area (Å²) in [6.45, 7) is 0.570. The van der Waals surface area contributed by atoms with Crippen LogP contribution in [0.2, 0.25) is 0 Å². The van der Waals surface area contributed by atoms with Crippen LogP contribution >= 0.6 is 0 Å². The van der Waals surface area contributed by atoms with Gasteiger partial charge in [0, 0.05) is 6.61 Å². The lowest BCUT2D eigenvalue weighted by Crippen LogP contribution is -2.37. The molecule has 78 valence electrons. The molecule has 1 fully saturated rings. The van der Waals surface area contributed by atoms with E-state index in [2.05, 4.69) is 0 Å². The summed E-state index contributed by atoms with van der Waals surface area (Å²) in [4.78, 5) is 0. The molecule has 0 radical (unpaired) electrons. The summed E-state index contributed by atoms with van der Waals surface area (Å²) in [6, 6.07) is 0. The van der Waals surface area contributed by atoms with Gasteiger partial charge in [-0.1, -0.05) is 0 Å². The lowest BCUT2D eigenvalue weighted by molar-refractivity contribution is 0.106. The van der Waals surface area contributed by atoms with Crippen molar-refractivity contribution in [2.45, 2.75) is 19.3 Å². The van der Waals surface area contributed by atoms with Crippen molar-refractivity contribution in [3.63, 3.8) is 0 Å². The van der Waals surface area contributed by atoms with Crippen molar-refractivity contribution in [2.24, 2.45) is 11.1 Å². The van der Waals surface area contributed by atoms with Crippen LogP contribution in [-0.4, -0.2) is 38.2 Å². The van der Waals surface area contributed by atoms with Crippen LogP contribution in [0.25, 0.3) is 0 Å². The molecular weight excluding hydrogens is 190 g/mol. The van der Waals surface area contributed by atoms with Crippen LogP contribution in [-0.2, 0) is 9.84 Å². The average molecular weight is 207 g/mol. The summed E-state index contributed by atoms with van der Waals surface area (Å²) in [6.07, 6.45) is 1.84. The third-order valence-corrected chi connectivity index (χ3v) is 4.55. The molecule has 1 rings (SSSR count). The fourth-order valence-electron chi connectivity index (χ4n) is 1.76. The summed E-state index contributed by atoms with van der Waals surface area (Å²) < 4.78 is 22.3. The van der Waals surface area contributed by atoms with Gasteiger partial charge in [0.25, 0.3) is 0 Å². The standard InChI is InChI=1S/C8H17NO3S/c9-4-1-8(7-10)2-5-13(11,12)6-3-8/h10H,1-7,9H2. The summed E-state index contributed by atoms with van der Waals surface area (Å²) in [5.74, 6) is 0.404. The van der Waals surface area contributed by atoms with Crippen LogP contribution in [0, 0.1) is 5.41 Å². The second kappa shape index (κ2) is 3.94. The van der Waals surface area contributed by atoms with E-state index in [-0.39, 0.29) is 23.5 Å². The molecule has 0 aliphatic carbocycles. The van der Waals surface area contributed by atoms with E-state index in [0.717, 1.165) is 6.42 Å². The van der Waals surface area contributed by atoms with Crippen LogP contribution < -0.4 is 5.73 Å². The zero-order valence-corrected chi connectivity index (χ0v) is 8.52. The third-order valence-electron chi connectivity index (χ3n) is 2.90. The maximum absolute atomic E-state index is 11.1. The molecule has 0 aromatic rings. The quantitative estimate of drug-likeness (QED) is 0.655. The van der Waals surface area contributed by atoms with Crippen LogP contribution in [0.4, 0.5) is 0 Å². The number of hydrogen-bond donors (Lipinski definition) is 2. The van der Waals surface area contributed by atoms with E-state index in [1.54, 1.807) is 0 Å². The minimum absolute atomic E-state index is 0.0553. The summed E-state index contributed by atoms with van der Waals surface area (Å²) in [7, 11) is -2.83. The highest BCUT2D eigenvalue weighted by Gasteiger charge is 2.35.